The lowest BCUT2D eigenvalue weighted by atomic mass is 10.2. The Bertz CT molecular complexity index is 648. The van der Waals surface area contributed by atoms with Crippen LogP contribution in [0.1, 0.15) is 18.5 Å². The minimum absolute atomic E-state index is 0.193. The van der Waals surface area contributed by atoms with Gasteiger partial charge in [0.15, 0.2) is 0 Å². The monoisotopic (exact) mass is 240 g/mol. The van der Waals surface area contributed by atoms with E-state index in [4.69, 9.17) is 4.42 Å². The third kappa shape index (κ3) is 1.95. The van der Waals surface area contributed by atoms with E-state index in [1.54, 1.807) is 17.4 Å². The molecule has 0 spiro atoms. The highest BCUT2D eigenvalue weighted by Crippen LogP contribution is 2.16. The largest absolute Gasteiger partial charge is 0.464 e. The van der Waals surface area contributed by atoms with Gasteiger partial charge < -0.3 is 9.32 Å². The molecule has 2 aromatic heterocycles. The summed E-state index contributed by atoms with van der Waals surface area (Å²) in [5.41, 5.74) is 1.49. The van der Waals surface area contributed by atoms with Crippen LogP contribution in [-0.4, -0.2) is 28.9 Å². The number of hydrogen-bond donors (Lipinski definition) is 0. The van der Waals surface area contributed by atoms with Crippen LogP contribution in [0.5, 0.6) is 0 Å². The second-order valence-electron chi connectivity index (χ2n) is 4.21. The predicted octanol–water partition coefficient (Wildman–Crippen LogP) is 1.80. The molecule has 0 aliphatic carbocycles. The van der Waals surface area contributed by atoms with Gasteiger partial charge in [0.2, 0.25) is 5.91 Å². The van der Waals surface area contributed by atoms with Crippen molar-refractivity contribution < 1.29 is 9.21 Å². The van der Waals surface area contributed by atoms with Gasteiger partial charge in [-0.3, -0.25) is 4.79 Å². The number of amides is 1. The van der Waals surface area contributed by atoms with E-state index >= 15 is 0 Å². The molecule has 0 bridgehead atoms. The Morgan fingerprint density at radius 1 is 1.44 bits per heavy atom. The van der Waals surface area contributed by atoms with Gasteiger partial charge in [-0.15, -0.1) is 0 Å². The Balaban J connectivity index is 1.80. The molecule has 0 N–H and O–H groups in total. The molecule has 0 atom stereocenters. The van der Waals surface area contributed by atoms with Crippen LogP contribution >= 0.6 is 0 Å². The lowest BCUT2D eigenvalue weighted by Crippen LogP contribution is -2.24. The number of nitrogens with zero attached hydrogens (tertiary/aromatic N) is 2. The van der Waals surface area contributed by atoms with Crippen molar-refractivity contribution >= 4 is 16.9 Å². The maximum absolute atomic E-state index is 11.4. The zero-order valence-electron chi connectivity index (χ0n) is 9.85. The molecule has 1 amide bonds. The molecule has 0 radical (unpaired) electrons. The van der Waals surface area contributed by atoms with Crippen LogP contribution in [0.2, 0.25) is 0 Å². The molecular formula is C14H12N2O2. The van der Waals surface area contributed by atoms with Gasteiger partial charge in [0.25, 0.3) is 0 Å². The molecule has 1 fully saturated rings. The van der Waals surface area contributed by atoms with Gasteiger partial charge in [0.05, 0.1) is 18.2 Å². The van der Waals surface area contributed by atoms with Crippen molar-refractivity contribution in [1.82, 2.24) is 9.88 Å². The first-order valence-electron chi connectivity index (χ1n) is 5.93. The summed E-state index contributed by atoms with van der Waals surface area (Å²) in [7, 11) is 0. The van der Waals surface area contributed by atoms with E-state index in [1.165, 1.54) is 0 Å². The topological polar surface area (TPSA) is 46.3 Å². The normalized spacial score (nSPS) is 14.9. The van der Waals surface area contributed by atoms with Gasteiger partial charge in [-0.05, 0) is 24.5 Å². The third-order valence-electron chi connectivity index (χ3n) is 3.03. The Kier molecular flexibility index (Phi) is 2.73. The van der Waals surface area contributed by atoms with Gasteiger partial charge in [0, 0.05) is 19.2 Å². The third-order valence-corrected chi connectivity index (χ3v) is 3.03. The maximum Gasteiger partial charge on any atom is 0.223 e. The average molecular weight is 240 g/mol. The van der Waals surface area contributed by atoms with Gasteiger partial charge >= 0.3 is 0 Å². The predicted molar refractivity (Wildman–Crippen MR) is 66.7 cm³/mol. The van der Waals surface area contributed by atoms with Gasteiger partial charge in [0.1, 0.15) is 11.3 Å². The van der Waals surface area contributed by atoms with Crippen molar-refractivity contribution in [2.75, 3.05) is 13.1 Å². The zero-order valence-corrected chi connectivity index (χ0v) is 9.85. The highest BCUT2D eigenvalue weighted by Gasteiger charge is 2.18. The van der Waals surface area contributed by atoms with Crippen LogP contribution in [-0.2, 0) is 4.79 Å². The number of hydrogen-bond acceptors (Lipinski definition) is 3. The van der Waals surface area contributed by atoms with Gasteiger partial charge in [-0.2, -0.15) is 0 Å². The van der Waals surface area contributed by atoms with Crippen molar-refractivity contribution in [1.29, 1.82) is 0 Å². The summed E-state index contributed by atoms with van der Waals surface area (Å²) in [5, 5.41) is 0.915. The number of likely N-dealkylation sites (tertiary alicyclic amines) is 1. The number of carbonyl (C=O) groups is 1. The van der Waals surface area contributed by atoms with Crippen molar-refractivity contribution in [3.8, 4) is 11.8 Å². The summed E-state index contributed by atoms with van der Waals surface area (Å²) < 4.78 is 5.28. The van der Waals surface area contributed by atoms with E-state index in [2.05, 4.69) is 16.8 Å². The summed E-state index contributed by atoms with van der Waals surface area (Å²) >= 11 is 0. The Labute approximate surface area is 105 Å². The number of carbonyl (C=O) groups excluding carboxylic acids is 1. The van der Waals surface area contributed by atoms with Crippen LogP contribution in [0, 0.1) is 11.8 Å². The number of rotatable bonds is 1. The first-order valence-corrected chi connectivity index (χ1v) is 5.93. The molecule has 1 saturated heterocycles. The molecule has 3 rings (SSSR count). The lowest BCUT2D eigenvalue weighted by Gasteiger charge is -2.09. The quantitative estimate of drug-likeness (QED) is 0.714. The molecular weight excluding hydrogens is 228 g/mol. The fraction of sp³-hybridized carbons (Fsp3) is 0.286. The summed E-state index contributed by atoms with van der Waals surface area (Å²) in [6.07, 6.45) is 4.89. The smallest absolute Gasteiger partial charge is 0.223 e. The molecule has 2 aromatic rings. The SMILES string of the molecule is O=C1CCCN1CC#Cc1nccc2occc12. The second kappa shape index (κ2) is 4.53. The number of pyridine rings is 1. The fourth-order valence-electron chi connectivity index (χ4n) is 2.08. The molecule has 90 valence electrons. The Morgan fingerprint density at radius 2 is 2.39 bits per heavy atom. The first kappa shape index (κ1) is 10.8. The summed E-state index contributed by atoms with van der Waals surface area (Å²) in [4.78, 5) is 17.4. The van der Waals surface area contributed by atoms with E-state index in [9.17, 15) is 4.79 Å². The number of furan rings is 1. The maximum atomic E-state index is 11.4. The highest BCUT2D eigenvalue weighted by atomic mass is 16.3. The van der Waals surface area contributed by atoms with E-state index in [0.29, 0.717) is 18.7 Å². The number of aromatic nitrogens is 1. The Hall–Kier alpha value is -2.28. The van der Waals surface area contributed by atoms with Gasteiger partial charge in [-0.1, -0.05) is 5.92 Å². The molecule has 4 nitrogen and oxygen atoms in total. The average Bonchev–Trinajstić information content (AvgIpc) is 2.99. The van der Waals surface area contributed by atoms with Crippen molar-refractivity contribution in [2.45, 2.75) is 12.8 Å². The summed E-state index contributed by atoms with van der Waals surface area (Å²) in [6.45, 7) is 1.30. The number of fused-ring (bicyclic) bond motifs is 1. The van der Waals surface area contributed by atoms with E-state index in [1.807, 2.05) is 12.1 Å². The fourth-order valence-corrected chi connectivity index (χ4v) is 2.08. The first-order chi connectivity index (χ1) is 8.84. The van der Waals surface area contributed by atoms with Crippen LogP contribution in [0.4, 0.5) is 0 Å². The standard InChI is InChI=1S/C14H12N2O2/c17-14-4-2-9-16(14)8-1-3-12-11-6-10-18-13(11)5-7-15-12/h5-7,10H,2,4,8-9H2. The summed E-state index contributed by atoms with van der Waals surface area (Å²) in [5.74, 6) is 6.21. The minimum atomic E-state index is 0.193. The molecule has 1 aliphatic rings. The molecule has 1 aliphatic heterocycles. The van der Waals surface area contributed by atoms with Crippen molar-refractivity contribution in [3.05, 3.63) is 30.3 Å². The molecule has 3 heterocycles. The van der Waals surface area contributed by atoms with Crippen molar-refractivity contribution in [3.63, 3.8) is 0 Å². The summed E-state index contributed by atoms with van der Waals surface area (Å²) in [6, 6.07) is 3.66. The van der Waals surface area contributed by atoms with E-state index in [0.717, 1.165) is 23.9 Å². The van der Waals surface area contributed by atoms with Crippen LogP contribution < -0.4 is 0 Å². The van der Waals surface area contributed by atoms with Crippen LogP contribution in [0.15, 0.2) is 29.0 Å². The lowest BCUT2D eigenvalue weighted by molar-refractivity contribution is -0.127. The van der Waals surface area contributed by atoms with Crippen LogP contribution in [0.3, 0.4) is 0 Å². The van der Waals surface area contributed by atoms with E-state index < -0.39 is 0 Å². The molecule has 0 unspecified atom stereocenters. The molecule has 0 saturated carbocycles. The van der Waals surface area contributed by atoms with Crippen molar-refractivity contribution in [2.24, 2.45) is 0 Å². The Morgan fingerprint density at radius 3 is 3.22 bits per heavy atom. The molecule has 0 aromatic carbocycles. The molecule has 4 heteroatoms. The second-order valence-corrected chi connectivity index (χ2v) is 4.21. The van der Waals surface area contributed by atoms with Gasteiger partial charge in [-0.25, -0.2) is 4.98 Å². The minimum Gasteiger partial charge on any atom is -0.464 e. The van der Waals surface area contributed by atoms with Crippen LogP contribution in [0.25, 0.3) is 11.0 Å². The van der Waals surface area contributed by atoms with E-state index in [-0.39, 0.29) is 5.91 Å². The zero-order chi connectivity index (χ0) is 12.4. The molecule has 18 heavy (non-hydrogen) atoms. The highest BCUT2D eigenvalue weighted by molar-refractivity contribution is 5.82.